The Labute approximate surface area is 229 Å². The lowest BCUT2D eigenvalue weighted by atomic mass is 10.0. The smallest absolute Gasteiger partial charge is 0.409 e. The lowest BCUT2D eigenvalue weighted by Gasteiger charge is -2.37. The van der Waals surface area contributed by atoms with E-state index in [4.69, 9.17) is 24.0 Å². The molecule has 1 amide bonds. The summed E-state index contributed by atoms with van der Waals surface area (Å²) in [5.74, 6) is 2.67. The van der Waals surface area contributed by atoms with Crippen molar-refractivity contribution < 1.29 is 23.9 Å². The average Bonchev–Trinajstić information content (AvgIpc) is 3.29. The third kappa shape index (κ3) is 6.31. The van der Waals surface area contributed by atoms with Crippen molar-refractivity contribution in [3.63, 3.8) is 0 Å². The number of benzene rings is 1. The molecule has 0 radical (unpaired) electrons. The first-order valence-electron chi connectivity index (χ1n) is 13.2. The van der Waals surface area contributed by atoms with Crippen LogP contribution < -0.4 is 15.0 Å². The van der Waals surface area contributed by atoms with Crippen LogP contribution in [0, 0.1) is 20.8 Å². The van der Waals surface area contributed by atoms with Crippen molar-refractivity contribution in [2.75, 3.05) is 52.3 Å². The molecular formula is C28H38N6O5. The average molecular weight is 539 g/mol. The van der Waals surface area contributed by atoms with Crippen LogP contribution in [0.15, 0.2) is 28.8 Å². The van der Waals surface area contributed by atoms with Crippen LogP contribution in [0.1, 0.15) is 29.9 Å². The Morgan fingerprint density at radius 3 is 2.64 bits per heavy atom. The number of likely N-dealkylation sites (N-methyl/N-ethyl adjacent to an activating group) is 1. The predicted molar refractivity (Wildman–Crippen MR) is 148 cm³/mol. The van der Waals surface area contributed by atoms with Gasteiger partial charge in [-0.1, -0.05) is 17.3 Å². The Morgan fingerprint density at radius 1 is 1.26 bits per heavy atom. The van der Waals surface area contributed by atoms with E-state index in [1.54, 1.807) is 11.9 Å². The first-order valence-corrected chi connectivity index (χ1v) is 13.2. The van der Waals surface area contributed by atoms with Gasteiger partial charge in [0.2, 0.25) is 0 Å². The van der Waals surface area contributed by atoms with Crippen molar-refractivity contribution in [2.45, 2.75) is 45.8 Å². The van der Waals surface area contributed by atoms with Gasteiger partial charge in [-0.3, -0.25) is 0 Å². The Hall–Kier alpha value is -3.70. The summed E-state index contributed by atoms with van der Waals surface area (Å²) in [4.78, 5) is 25.9. The highest BCUT2D eigenvalue weighted by Crippen LogP contribution is 2.36. The summed E-state index contributed by atoms with van der Waals surface area (Å²) in [6, 6.07) is 7.75. The highest BCUT2D eigenvalue weighted by atomic mass is 16.5. The largest absolute Gasteiger partial charge is 0.491 e. The predicted octanol–water partition coefficient (Wildman–Crippen LogP) is 3.35. The van der Waals surface area contributed by atoms with Crippen LogP contribution in [-0.4, -0.2) is 90.8 Å². The summed E-state index contributed by atoms with van der Waals surface area (Å²) in [7, 11) is 5.23. The number of likely N-dealkylation sites (tertiary alicyclic amines) is 1. The molecule has 210 valence electrons. The molecule has 4 rings (SSSR count). The van der Waals surface area contributed by atoms with E-state index >= 15 is 0 Å². The molecule has 39 heavy (non-hydrogen) atoms. The van der Waals surface area contributed by atoms with Crippen LogP contribution in [-0.2, 0) is 4.74 Å². The topological polar surface area (TPSA) is 126 Å². The summed E-state index contributed by atoms with van der Waals surface area (Å²) in [6.45, 7) is 7.65. The third-order valence-corrected chi connectivity index (χ3v) is 7.14. The molecule has 1 unspecified atom stereocenters. The number of aryl methyl sites for hydroxylation is 2. The number of anilines is 1. The quantitative estimate of drug-likeness (QED) is 0.419. The van der Waals surface area contributed by atoms with Gasteiger partial charge >= 0.3 is 6.09 Å². The van der Waals surface area contributed by atoms with Crippen LogP contribution in [0.5, 0.6) is 5.75 Å². The van der Waals surface area contributed by atoms with E-state index in [2.05, 4.69) is 15.4 Å². The normalized spacial score (nSPS) is 14.8. The number of hydrogen-bond donors (Lipinski definition) is 2. The molecule has 11 heteroatoms. The molecule has 2 N–H and O–H groups in total. The third-order valence-electron chi connectivity index (χ3n) is 7.14. The van der Waals surface area contributed by atoms with E-state index in [0.717, 1.165) is 46.7 Å². The van der Waals surface area contributed by atoms with E-state index in [0.29, 0.717) is 37.0 Å². The summed E-state index contributed by atoms with van der Waals surface area (Å²) in [5.41, 5.74) is 4.10. The zero-order valence-corrected chi connectivity index (χ0v) is 23.5. The molecule has 0 bridgehead atoms. The van der Waals surface area contributed by atoms with Crippen LogP contribution in [0.4, 0.5) is 10.6 Å². The Bertz CT molecular complexity index is 1270. The number of carbonyl (C=O) groups is 1. The van der Waals surface area contributed by atoms with Crippen LogP contribution in [0.2, 0.25) is 0 Å². The Morgan fingerprint density at radius 2 is 2.00 bits per heavy atom. The van der Waals surface area contributed by atoms with E-state index in [-0.39, 0.29) is 18.7 Å². The van der Waals surface area contributed by atoms with Gasteiger partial charge in [0.25, 0.3) is 0 Å². The molecule has 1 saturated heterocycles. The minimum atomic E-state index is -0.619. The lowest BCUT2D eigenvalue weighted by Crippen LogP contribution is -2.46. The maximum Gasteiger partial charge on any atom is 0.409 e. The monoisotopic (exact) mass is 538 g/mol. The Kier molecular flexibility index (Phi) is 9.03. The number of nitrogens with one attached hydrogen (secondary N) is 1. The minimum absolute atomic E-state index is 0.168. The number of nitrogens with zero attached hydrogens (tertiary/aromatic N) is 5. The molecule has 3 heterocycles. The molecule has 0 saturated carbocycles. The van der Waals surface area contributed by atoms with Gasteiger partial charge in [-0.2, -0.15) is 0 Å². The van der Waals surface area contributed by atoms with Gasteiger partial charge in [0.15, 0.2) is 5.82 Å². The molecule has 1 aromatic carbocycles. The molecule has 2 aromatic heterocycles. The van der Waals surface area contributed by atoms with E-state index in [9.17, 15) is 9.90 Å². The maximum atomic E-state index is 12.0. The van der Waals surface area contributed by atoms with Gasteiger partial charge in [0.05, 0.1) is 24.1 Å². The molecular weight excluding hydrogens is 500 g/mol. The second-order valence-corrected chi connectivity index (χ2v) is 9.89. The fourth-order valence-corrected chi connectivity index (χ4v) is 4.99. The number of piperidine rings is 1. The number of ether oxygens (including phenoxy) is 2. The lowest BCUT2D eigenvalue weighted by molar-refractivity contribution is 0.108. The van der Waals surface area contributed by atoms with Gasteiger partial charge in [-0.05, 0) is 52.8 Å². The number of aliphatic hydroxyl groups is 1. The standard InChI is InChI=1S/C28H38N6O5/c1-17-25(24-18(2)32-39-19(24)3)30-26(20-8-7-9-23(14-20)38-16-22(35)15-29-4)31-27(17)33(5)21-10-12-34(13-11-21)28(36)37-6/h7-9,14,21-22,29,35H,10-13,15-16H2,1-6H3. The number of amides is 1. The van der Waals surface area contributed by atoms with E-state index in [1.807, 2.05) is 52.1 Å². The first-order chi connectivity index (χ1) is 18.7. The van der Waals surface area contributed by atoms with Gasteiger partial charge in [-0.25, -0.2) is 14.8 Å². The van der Waals surface area contributed by atoms with Gasteiger partial charge in [0.1, 0.15) is 30.0 Å². The molecule has 11 nitrogen and oxygen atoms in total. The number of aliphatic hydroxyl groups excluding tert-OH is 1. The summed E-state index contributed by atoms with van der Waals surface area (Å²) < 4.78 is 16.2. The van der Waals surface area contributed by atoms with E-state index < -0.39 is 6.10 Å². The zero-order valence-electron chi connectivity index (χ0n) is 23.5. The summed E-state index contributed by atoms with van der Waals surface area (Å²) in [5, 5.41) is 17.1. The number of hydrogen-bond acceptors (Lipinski definition) is 10. The van der Waals surface area contributed by atoms with Gasteiger partial charge < -0.3 is 34.2 Å². The summed E-state index contributed by atoms with van der Waals surface area (Å²) >= 11 is 0. The molecule has 1 atom stereocenters. The molecule has 0 aliphatic carbocycles. The molecule has 1 fully saturated rings. The molecule has 3 aromatic rings. The minimum Gasteiger partial charge on any atom is -0.491 e. The SMILES string of the molecule is CNCC(O)COc1cccc(-c2nc(-c3c(C)noc3C)c(C)c(N(C)C3CCN(C(=O)OC)CC3)n2)c1. The molecule has 1 aliphatic rings. The van der Waals surface area contributed by atoms with Gasteiger partial charge in [0, 0.05) is 43.9 Å². The van der Waals surface area contributed by atoms with Crippen molar-refractivity contribution >= 4 is 11.9 Å². The Balaban J connectivity index is 1.70. The van der Waals surface area contributed by atoms with Crippen LogP contribution in [0.3, 0.4) is 0 Å². The first kappa shape index (κ1) is 28.3. The van der Waals surface area contributed by atoms with Crippen LogP contribution in [0.25, 0.3) is 22.6 Å². The number of carbonyl (C=O) groups excluding carboxylic acids is 1. The highest BCUT2D eigenvalue weighted by molar-refractivity contribution is 5.75. The van der Waals surface area contributed by atoms with Crippen molar-refractivity contribution in [3.05, 3.63) is 41.3 Å². The number of rotatable bonds is 9. The second-order valence-electron chi connectivity index (χ2n) is 9.89. The molecule has 0 spiro atoms. The van der Waals surface area contributed by atoms with Crippen molar-refractivity contribution in [1.82, 2.24) is 25.3 Å². The van der Waals surface area contributed by atoms with Crippen molar-refractivity contribution in [3.8, 4) is 28.4 Å². The summed E-state index contributed by atoms with van der Waals surface area (Å²) in [6.07, 6.45) is 0.677. The highest BCUT2D eigenvalue weighted by Gasteiger charge is 2.29. The number of aromatic nitrogens is 3. The second kappa shape index (κ2) is 12.4. The zero-order chi connectivity index (χ0) is 28.1. The fraction of sp³-hybridized carbons (Fsp3) is 0.500. The molecule has 1 aliphatic heterocycles. The van der Waals surface area contributed by atoms with Crippen molar-refractivity contribution in [1.29, 1.82) is 0 Å². The fourth-order valence-electron chi connectivity index (χ4n) is 4.99. The maximum absolute atomic E-state index is 12.0. The number of methoxy groups -OCH3 is 1. The van der Waals surface area contributed by atoms with Gasteiger partial charge in [-0.15, -0.1) is 0 Å². The van der Waals surface area contributed by atoms with E-state index in [1.165, 1.54) is 7.11 Å². The van der Waals surface area contributed by atoms with Crippen LogP contribution >= 0.6 is 0 Å². The van der Waals surface area contributed by atoms with Crippen molar-refractivity contribution in [2.24, 2.45) is 0 Å².